The molecule has 0 heterocycles. The molecule has 0 radical (unpaired) electrons. The number of nitrogens with zero attached hydrogens (tertiary/aromatic N) is 1. The minimum Gasteiger partial charge on any atom is -0.381 e. The second-order valence-corrected chi connectivity index (χ2v) is 6.46. The molecule has 23 heavy (non-hydrogen) atoms. The summed E-state index contributed by atoms with van der Waals surface area (Å²) in [4.78, 5) is 4.21. The van der Waals surface area contributed by atoms with Gasteiger partial charge < -0.3 is 5.32 Å². The van der Waals surface area contributed by atoms with Gasteiger partial charge in [0.05, 0.1) is 0 Å². The molecule has 1 fully saturated rings. The van der Waals surface area contributed by atoms with Crippen LogP contribution < -0.4 is 5.32 Å². The van der Waals surface area contributed by atoms with Gasteiger partial charge >= 0.3 is 0 Å². The summed E-state index contributed by atoms with van der Waals surface area (Å²) in [5.74, 6) is 0.424. The van der Waals surface area contributed by atoms with Crippen LogP contribution in [0.2, 0.25) is 0 Å². The molecule has 1 N–H and O–H groups in total. The van der Waals surface area contributed by atoms with Crippen molar-refractivity contribution in [3.8, 4) is 0 Å². The van der Waals surface area contributed by atoms with Crippen LogP contribution in [0.1, 0.15) is 38.2 Å². The van der Waals surface area contributed by atoms with E-state index in [1.807, 2.05) is 19.3 Å². The van der Waals surface area contributed by atoms with Crippen LogP contribution in [0.3, 0.4) is 0 Å². The number of rotatable bonds is 6. The van der Waals surface area contributed by atoms with E-state index >= 15 is 0 Å². The molecule has 1 aliphatic carbocycles. The van der Waals surface area contributed by atoms with E-state index in [0.29, 0.717) is 11.5 Å². The summed E-state index contributed by atoms with van der Waals surface area (Å²) < 4.78 is 13.3. The Morgan fingerprint density at radius 2 is 2.26 bits per heavy atom. The molecule has 0 aromatic heterocycles. The summed E-state index contributed by atoms with van der Waals surface area (Å²) in [6.07, 6.45) is 6.64. The standard InChI is InChI=1S/C20H27FN2/c1-14-6-5-7-17(14)11-18(13-22-4)16(3)12-23-19-8-9-20(21)15(2)10-19/h8-10,13,17,23H,1,5-7,11-12H2,2-4H3/b18-16+,22-13-. The Morgan fingerprint density at radius 3 is 2.87 bits per heavy atom. The van der Waals surface area contributed by atoms with Gasteiger partial charge in [0.25, 0.3) is 0 Å². The van der Waals surface area contributed by atoms with Crippen LogP contribution in [0.4, 0.5) is 10.1 Å². The quantitative estimate of drug-likeness (QED) is 0.558. The Kier molecular flexibility index (Phi) is 6.14. The molecule has 0 amide bonds. The second-order valence-electron chi connectivity index (χ2n) is 6.46. The topological polar surface area (TPSA) is 24.4 Å². The van der Waals surface area contributed by atoms with Gasteiger partial charge in [-0.15, -0.1) is 0 Å². The summed E-state index contributed by atoms with van der Waals surface area (Å²) in [6.45, 7) is 8.86. The van der Waals surface area contributed by atoms with Crippen molar-refractivity contribution in [1.29, 1.82) is 0 Å². The third-order valence-corrected chi connectivity index (χ3v) is 4.64. The van der Waals surface area contributed by atoms with Crippen LogP contribution in [-0.4, -0.2) is 19.8 Å². The summed E-state index contributed by atoms with van der Waals surface area (Å²) in [6, 6.07) is 5.13. The second kappa shape index (κ2) is 8.09. The van der Waals surface area contributed by atoms with Crippen LogP contribution in [0.5, 0.6) is 0 Å². The molecule has 3 heteroatoms. The van der Waals surface area contributed by atoms with Gasteiger partial charge in [0.2, 0.25) is 0 Å². The number of aliphatic imine (C=N–C) groups is 1. The van der Waals surface area contributed by atoms with Crippen molar-refractivity contribution >= 4 is 11.9 Å². The van der Waals surface area contributed by atoms with Crippen molar-refractivity contribution in [2.75, 3.05) is 18.9 Å². The lowest BCUT2D eigenvalue weighted by Gasteiger charge is -2.15. The highest BCUT2D eigenvalue weighted by Crippen LogP contribution is 2.34. The molecule has 0 bridgehead atoms. The normalized spacial score (nSPS) is 19.3. The van der Waals surface area contributed by atoms with Gasteiger partial charge in [-0.25, -0.2) is 4.39 Å². The van der Waals surface area contributed by atoms with Gasteiger partial charge in [-0.3, -0.25) is 4.99 Å². The predicted molar refractivity (Wildman–Crippen MR) is 97.8 cm³/mol. The predicted octanol–water partition coefficient (Wildman–Crippen LogP) is 5.31. The zero-order chi connectivity index (χ0) is 16.8. The minimum atomic E-state index is -0.165. The van der Waals surface area contributed by atoms with E-state index in [0.717, 1.165) is 25.1 Å². The maximum Gasteiger partial charge on any atom is 0.126 e. The van der Waals surface area contributed by atoms with E-state index in [1.165, 1.54) is 35.6 Å². The number of aryl methyl sites for hydroxylation is 1. The van der Waals surface area contributed by atoms with E-state index in [-0.39, 0.29) is 5.82 Å². The smallest absolute Gasteiger partial charge is 0.126 e. The van der Waals surface area contributed by atoms with Crippen molar-refractivity contribution in [3.05, 3.63) is 52.9 Å². The zero-order valence-corrected chi connectivity index (χ0v) is 14.5. The number of hydrogen-bond acceptors (Lipinski definition) is 2. The van der Waals surface area contributed by atoms with E-state index in [9.17, 15) is 4.39 Å². The molecule has 1 saturated carbocycles. The Labute approximate surface area is 139 Å². The summed E-state index contributed by atoms with van der Waals surface area (Å²) in [5.41, 5.74) is 5.54. The third kappa shape index (κ3) is 4.78. The summed E-state index contributed by atoms with van der Waals surface area (Å²) in [5, 5.41) is 3.38. The number of halogens is 1. The Balaban J connectivity index is 2.05. The molecule has 124 valence electrons. The molecule has 0 spiro atoms. The minimum absolute atomic E-state index is 0.165. The summed E-state index contributed by atoms with van der Waals surface area (Å²) in [7, 11) is 1.81. The van der Waals surface area contributed by atoms with Gasteiger partial charge in [0, 0.05) is 25.5 Å². The fourth-order valence-electron chi connectivity index (χ4n) is 3.09. The molecular weight excluding hydrogens is 287 g/mol. The Bertz CT molecular complexity index is 629. The van der Waals surface area contributed by atoms with E-state index in [4.69, 9.17) is 0 Å². The molecule has 0 aliphatic heterocycles. The maximum atomic E-state index is 13.3. The van der Waals surface area contributed by atoms with Gasteiger partial charge in [-0.1, -0.05) is 12.2 Å². The average molecular weight is 314 g/mol. The monoisotopic (exact) mass is 314 g/mol. The first kappa shape index (κ1) is 17.5. The van der Waals surface area contributed by atoms with Gasteiger partial charge in [0.15, 0.2) is 0 Å². The first-order chi connectivity index (χ1) is 11.0. The van der Waals surface area contributed by atoms with Crippen molar-refractivity contribution in [2.24, 2.45) is 10.9 Å². The molecule has 1 atom stereocenters. The maximum absolute atomic E-state index is 13.3. The molecular formula is C20H27FN2. The van der Waals surface area contributed by atoms with Crippen LogP contribution >= 0.6 is 0 Å². The largest absolute Gasteiger partial charge is 0.381 e. The Hall–Kier alpha value is -1.90. The number of allylic oxidation sites excluding steroid dienone is 2. The first-order valence-corrected chi connectivity index (χ1v) is 8.29. The van der Waals surface area contributed by atoms with E-state index < -0.39 is 0 Å². The van der Waals surface area contributed by atoms with E-state index in [2.05, 4.69) is 23.8 Å². The fraction of sp³-hybridized carbons (Fsp3) is 0.450. The average Bonchev–Trinajstić information content (AvgIpc) is 2.93. The third-order valence-electron chi connectivity index (χ3n) is 4.64. The highest BCUT2D eigenvalue weighted by atomic mass is 19.1. The van der Waals surface area contributed by atoms with Crippen LogP contribution in [-0.2, 0) is 0 Å². The highest BCUT2D eigenvalue weighted by molar-refractivity contribution is 5.80. The lowest BCUT2D eigenvalue weighted by Crippen LogP contribution is -2.09. The SMILES string of the molecule is C=C1CCCC1CC(/C=N\C)=C(/C)CNc1ccc(F)c(C)c1. The Morgan fingerprint density at radius 1 is 1.48 bits per heavy atom. The van der Waals surface area contributed by atoms with Crippen molar-refractivity contribution in [1.82, 2.24) is 0 Å². The highest BCUT2D eigenvalue weighted by Gasteiger charge is 2.20. The van der Waals surface area contributed by atoms with Crippen molar-refractivity contribution in [2.45, 2.75) is 39.5 Å². The lowest BCUT2D eigenvalue weighted by molar-refractivity contribution is 0.618. The fourth-order valence-corrected chi connectivity index (χ4v) is 3.09. The van der Waals surface area contributed by atoms with E-state index in [1.54, 1.807) is 13.0 Å². The lowest BCUT2D eigenvalue weighted by atomic mass is 9.93. The molecule has 1 aromatic rings. The zero-order valence-electron chi connectivity index (χ0n) is 14.5. The molecule has 2 nitrogen and oxygen atoms in total. The molecule has 0 saturated heterocycles. The first-order valence-electron chi connectivity index (χ1n) is 8.29. The van der Waals surface area contributed by atoms with Crippen LogP contribution in [0.25, 0.3) is 0 Å². The molecule has 1 unspecified atom stereocenters. The van der Waals surface area contributed by atoms with Gasteiger partial charge in [0.1, 0.15) is 5.82 Å². The van der Waals surface area contributed by atoms with Crippen LogP contribution in [0.15, 0.2) is 46.5 Å². The number of anilines is 1. The van der Waals surface area contributed by atoms with Gasteiger partial charge in [-0.05, 0) is 80.4 Å². The van der Waals surface area contributed by atoms with Crippen LogP contribution in [0, 0.1) is 18.7 Å². The number of benzene rings is 1. The number of nitrogens with one attached hydrogen (secondary N) is 1. The number of hydrogen-bond donors (Lipinski definition) is 1. The van der Waals surface area contributed by atoms with Crippen molar-refractivity contribution < 1.29 is 4.39 Å². The summed E-state index contributed by atoms with van der Waals surface area (Å²) >= 11 is 0. The molecule has 2 rings (SSSR count). The molecule has 1 aliphatic rings. The molecule has 1 aromatic carbocycles. The van der Waals surface area contributed by atoms with Gasteiger partial charge in [-0.2, -0.15) is 0 Å². The van der Waals surface area contributed by atoms with Crippen molar-refractivity contribution in [3.63, 3.8) is 0 Å².